The van der Waals surface area contributed by atoms with Gasteiger partial charge in [0.05, 0.1) is 0 Å². The molecule has 0 aromatic rings. The molecule has 58 valence electrons. The average Bonchev–Trinajstić information content (AvgIpc) is 2.43. The van der Waals surface area contributed by atoms with Gasteiger partial charge in [-0.2, -0.15) is 11.8 Å². The summed E-state index contributed by atoms with van der Waals surface area (Å²) in [4.78, 5) is 9.25. The van der Waals surface area contributed by atoms with Crippen molar-refractivity contribution in [2.24, 2.45) is 0 Å². The molecule has 1 aliphatic heterocycles. The molecule has 1 fully saturated rings. The standard InChI is InChI=1S/C4H8S.C3H4O2/c1-2-4-5-3-1;1-2-3(4)5/h1-4H2;2H,1H2,(H,4,5). The zero-order valence-electron chi connectivity index (χ0n) is 5.88. The lowest BCUT2D eigenvalue weighted by Crippen LogP contribution is -1.82. The van der Waals surface area contributed by atoms with Crippen LogP contribution in [0.5, 0.6) is 0 Å². The summed E-state index contributed by atoms with van der Waals surface area (Å²) in [7, 11) is 0. The maximum atomic E-state index is 9.25. The van der Waals surface area contributed by atoms with E-state index in [1.807, 2.05) is 0 Å². The van der Waals surface area contributed by atoms with Crippen molar-refractivity contribution < 1.29 is 9.90 Å². The van der Waals surface area contributed by atoms with Crippen molar-refractivity contribution in [3.05, 3.63) is 12.7 Å². The highest BCUT2D eigenvalue weighted by Gasteiger charge is 1.95. The molecule has 0 aliphatic carbocycles. The molecular weight excluding hydrogens is 148 g/mol. The van der Waals surface area contributed by atoms with E-state index in [-0.39, 0.29) is 0 Å². The quantitative estimate of drug-likeness (QED) is 0.594. The summed E-state index contributed by atoms with van der Waals surface area (Å²) in [5.74, 6) is 1.85. The Morgan fingerprint density at radius 2 is 1.90 bits per heavy atom. The minimum atomic E-state index is -0.981. The van der Waals surface area contributed by atoms with Crippen LogP contribution in [0.25, 0.3) is 0 Å². The van der Waals surface area contributed by atoms with Crippen molar-refractivity contribution in [3.8, 4) is 0 Å². The zero-order valence-corrected chi connectivity index (χ0v) is 6.69. The third-order valence-electron chi connectivity index (χ3n) is 1.00. The Morgan fingerprint density at radius 3 is 2.00 bits per heavy atom. The van der Waals surface area contributed by atoms with E-state index < -0.39 is 5.97 Å². The molecule has 1 heterocycles. The molecule has 0 radical (unpaired) electrons. The summed E-state index contributed by atoms with van der Waals surface area (Å²) >= 11 is 2.07. The topological polar surface area (TPSA) is 37.3 Å². The second-order valence-electron chi connectivity index (χ2n) is 1.86. The molecule has 10 heavy (non-hydrogen) atoms. The van der Waals surface area contributed by atoms with E-state index in [1.165, 1.54) is 24.3 Å². The van der Waals surface area contributed by atoms with Crippen LogP contribution in [-0.2, 0) is 4.79 Å². The number of hydrogen-bond donors (Lipinski definition) is 1. The number of rotatable bonds is 1. The Labute approximate surface area is 65.3 Å². The maximum absolute atomic E-state index is 9.25. The van der Waals surface area contributed by atoms with Gasteiger partial charge in [0.1, 0.15) is 0 Å². The molecule has 0 bridgehead atoms. The third-order valence-corrected chi connectivity index (χ3v) is 2.16. The summed E-state index contributed by atoms with van der Waals surface area (Å²) in [6.45, 7) is 2.96. The lowest BCUT2D eigenvalue weighted by molar-refractivity contribution is -0.131. The monoisotopic (exact) mass is 160 g/mol. The van der Waals surface area contributed by atoms with Crippen molar-refractivity contribution in [2.75, 3.05) is 11.5 Å². The van der Waals surface area contributed by atoms with Gasteiger partial charge in [0.25, 0.3) is 0 Å². The fraction of sp³-hybridized carbons (Fsp3) is 0.571. The molecule has 2 nitrogen and oxygen atoms in total. The highest BCUT2D eigenvalue weighted by atomic mass is 32.2. The molecule has 0 saturated carbocycles. The van der Waals surface area contributed by atoms with E-state index in [9.17, 15) is 4.79 Å². The number of hydrogen-bond acceptors (Lipinski definition) is 2. The van der Waals surface area contributed by atoms with Crippen LogP contribution in [0.4, 0.5) is 0 Å². The average molecular weight is 160 g/mol. The van der Waals surface area contributed by atoms with Crippen LogP contribution in [0.3, 0.4) is 0 Å². The van der Waals surface area contributed by atoms with Gasteiger partial charge in [0.2, 0.25) is 0 Å². The fourth-order valence-corrected chi connectivity index (χ4v) is 1.53. The maximum Gasteiger partial charge on any atom is 0.327 e. The van der Waals surface area contributed by atoms with Gasteiger partial charge in [0.15, 0.2) is 0 Å². The number of aliphatic carboxylic acids is 1. The van der Waals surface area contributed by atoms with Crippen LogP contribution in [0, 0.1) is 0 Å². The van der Waals surface area contributed by atoms with Crippen LogP contribution in [-0.4, -0.2) is 22.6 Å². The van der Waals surface area contributed by atoms with Gasteiger partial charge in [-0.05, 0) is 24.3 Å². The van der Waals surface area contributed by atoms with E-state index in [2.05, 4.69) is 18.3 Å². The van der Waals surface area contributed by atoms with E-state index in [0.717, 1.165) is 6.08 Å². The summed E-state index contributed by atoms with van der Waals surface area (Å²) in [5, 5.41) is 7.60. The number of carboxylic acid groups (broad SMARTS) is 1. The molecule has 1 rings (SSSR count). The van der Waals surface area contributed by atoms with Gasteiger partial charge in [-0.3, -0.25) is 0 Å². The molecule has 3 heteroatoms. The van der Waals surface area contributed by atoms with Gasteiger partial charge in [-0.15, -0.1) is 0 Å². The van der Waals surface area contributed by atoms with Crippen LogP contribution >= 0.6 is 11.8 Å². The van der Waals surface area contributed by atoms with E-state index in [0.29, 0.717) is 0 Å². The largest absolute Gasteiger partial charge is 0.478 e. The Balaban J connectivity index is 0.000000162. The molecular formula is C7H12O2S. The summed E-state index contributed by atoms with van der Waals surface area (Å²) < 4.78 is 0. The summed E-state index contributed by atoms with van der Waals surface area (Å²) in [6.07, 6.45) is 3.76. The molecule has 1 saturated heterocycles. The van der Waals surface area contributed by atoms with Crippen molar-refractivity contribution >= 4 is 17.7 Å². The van der Waals surface area contributed by atoms with Crippen molar-refractivity contribution in [3.63, 3.8) is 0 Å². The molecule has 0 atom stereocenters. The smallest absolute Gasteiger partial charge is 0.327 e. The molecule has 1 aliphatic rings. The molecule has 0 aromatic carbocycles. The van der Waals surface area contributed by atoms with Gasteiger partial charge < -0.3 is 5.11 Å². The van der Waals surface area contributed by atoms with E-state index in [4.69, 9.17) is 5.11 Å². The fourth-order valence-electron chi connectivity index (χ4n) is 0.510. The number of carbonyl (C=O) groups is 1. The third kappa shape index (κ3) is 7.56. The Bertz CT molecular complexity index is 101. The summed E-state index contributed by atoms with van der Waals surface area (Å²) in [6, 6.07) is 0. The predicted molar refractivity (Wildman–Crippen MR) is 44.4 cm³/mol. The highest BCUT2D eigenvalue weighted by Crippen LogP contribution is 2.14. The molecule has 0 aromatic heterocycles. The SMILES string of the molecule is C1CCSC1.C=CC(=O)O. The van der Waals surface area contributed by atoms with Crippen molar-refractivity contribution in [1.82, 2.24) is 0 Å². The molecule has 0 spiro atoms. The van der Waals surface area contributed by atoms with Crippen molar-refractivity contribution in [1.29, 1.82) is 0 Å². The van der Waals surface area contributed by atoms with E-state index >= 15 is 0 Å². The second kappa shape index (κ2) is 6.68. The van der Waals surface area contributed by atoms with Crippen LogP contribution in [0.1, 0.15) is 12.8 Å². The van der Waals surface area contributed by atoms with Gasteiger partial charge in [-0.1, -0.05) is 6.58 Å². The van der Waals surface area contributed by atoms with Gasteiger partial charge >= 0.3 is 5.97 Å². The van der Waals surface area contributed by atoms with E-state index in [1.54, 1.807) is 0 Å². The van der Waals surface area contributed by atoms with Gasteiger partial charge in [0, 0.05) is 6.08 Å². The van der Waals surface area contributed by atoms with Crippen molar-refractivity contribution in [2.45, 2.75) is 12.8 Å². The Morgan fingerprint density at radius 1 is 1.50 bits per heavy atom. The first-order valence-electron chi connectivity index (χ1n) is 3.20. The Hall–Kier alpha value is -0.440. The lowest BCUT2D eigenvalue weighted by atomic mass is 10.4. The predicted octanol–water partition coefficient (Wildman–Crippen LogP) is 1.77. The minimum absolute atomic E-state index is 0.833. The minimum Gasteiger partial charge on any atom is -0.478 e. The normalized spacial score (nSPS) is 15.2. The second-order valence-corrected chi connectivity index (χ2v) is 3.09. The first kappa shape index (κ1) is 9.56. The first-order valence-corrected chi connectivity index (χ1v) is 4.36. The van der Waals surface area contributed by atoms with Gasteiger partial charge in [-0.25, -0.2) is 4.79 Å². The van der Waals surface area contributed by atoms with Crippen LogP contribution in [0.2, 0.25) is 0 Å². The molecule has 0 amide bonds. The molecule has 1 N–H and O–H groups in total. The Kier molecular flexibility index (Phi) is 6.38. The molecule has 0 unspecified atom stereocenters. The summed E-state index contributed by atoms with van der Waals surface area (Å²) in [5.41, 5.74) is 0. The number of carboxylic acids is 1. The lowest BCUT2D eigenvalue weighted by Gasteiger charge is -1.69. The van der Waals surface area contributed by atoms with Crippen LogP contribution in [0.15, 0.2) is 12.7 Å². The van der Waals surface area contributed by atoms with Crippen LogP contribution < -0.4 is 0 Å². The first-order chi connectivity index (χ1) is 4.77. The number of thioether (sulfide) groups is 1. The zero-order chi connectivity index (χ0) is 7.82. The highest BCUT2D eigenvalue weighted by molar-refractivity contribution is 7.99.